The summed E-state index contributed by atoms with van der Waals surface area (Å²) < 4.78 is 41.6. The maximum Gasteiger partial charge on any atom is 0.259 e. The van der Waals surface area contributed by atoms with Crippen molar-refractivity contribution in [2.45, 2.75) is 32.6 Å². The molecule has 2 aliphatic rings. The van der Waals surface area contributed by atoms with Gasteiger partial charge < -0.3 is 16.0 Å². The van der Waals surface area contributed by atoms with Gasteiger partial charge in [0.15, 0.2) is 0 Å². The molecule has 1 aromatic heterocycles. The van der Waals surface area contributed by atoms with E-state index >= 15 is 0 Å². The van der Waals surface area contributed by atoms with Gasteiger partial charge in [0.05, 0.1) is 0 Å². The lowest BCUT2D eigenvalue weighted by molar-refractivity contribution is -0.140. The number of alkyl halides is 2. The second kappa shape index (κ2) is 9.40. The molecule has 6 nitrogen and oxygen atoms in total. The second-order valence-corrected chi connectivity index (χ2v) is 8.80. The maximum atomic E-state index is 14.0. The number of aromatic nitrogens is 2. The van der Waals surface area contributed by atoms with E-state index in [2.05, 4.69) is 32.5 Å². The minimum Gasteiger partial charge on any atom is -0.340 e. The molecule has 4 rings (SSSR count). The fraction of sp³-hybridized carbons (Fsp3) is 0.269. The Morgan fingerprint density at radius 3 is 2.54 bits per heavy atom. The molecule has 1 fully saturated rings. The van der Waals surface area contributed by atoms with Crippen molar-refractivity contribution in [2.75, 3.05) is 10.6 Å². The molecule has 182 valence electrons. The Kier molecular flexibility index (Phi) is 6.51. The van der Waals surface area contributed by atoms with Crippen molar-refractivity contribution < 1.29 is 18.0 Å². The number of benzene rings is 1. The fourth-order valence-corrected chi connectivity index (χ4v) is 3.85. The summed E-state index contributed by atoms with van der Waals surface area (Å²) in [6.45, 7) is 6.25. The summed E-state index contributed by atoms with van der Waals surface area (Å²) in [6.07, 6.45) is 10.3. The Labute approximate surface area is 201 Å². The topological polar surface area (TPSA) is 78.9 Å². The molecule has 1 aromatic carbocycles. The minimum absolute atomic E-state index is 0.148. The van der Waals surface area contributed by atoms with Crippen LogP contribution in [0.2, 0.25) is 0 Å². The summed E-state index contributed by atoms with van der Waals surface area (Å²) in [6, 6.07) is 6.32. The predicted molar refractivity (Wildman–Crippen MR) is 129 cm³/mol. The second-order valence-electron chi connectivity index (χ2n) is 8.80. The molecular weight excluding hydrogens is 455 g/mol. The normalized spacial score (nSPS) is 18.6. The summed E-state index contributed by atoms with van der Waals surface area (Å²) in [4.78, 5) is 21.2. The number of nitrogens with zero attached hydrogens (tertiary/aromatic N) is 2. The first-order valence-corrected chi connectivity index (χ1v) is 11.2. The third-order valence-corrected chi connectivity index (χ3v) is 6.17. The minimum atomic E-state index is -3.10. The van der Waals surface area contributed by atoms with Crippen LogP contribution in [0.3, 0.4) is 0 Å². The number of carbonyl (C=O) groups excluding carboxylic acids is 1. The molecule has 1 atom stereocenters. The summed E-state index contributed by atoms with van der Waals surface area (Å²) in [5.41, 5.74) is 0.519. The van der Waals surface area contributed by atoms with Gasteiger partial charge in [-0.25, -0.2) is 23.1 Å². The molecule has 2 aromatic rings. The standard InChI is InChI=1S/C26H26F3N5O/c1-4-17-6-5-7-18(13-21(17)34-24(35)26(10-11-26)25(3,28)29)32-22-14-23(31-15-30-22)33-19-8-9-20(27)16(2)12-19/h4-9,12-15,17H,1,10-11H2,2-3H3,(H,34,35)(H2,30,31,32,33). The van der Waals surface area contributed by atoms with Crippen LogP contribution in [-0.2, 0) is 4.79 Å². The third kappa shape index (κ3) is 5.29. The average Bonchev–Trinajstić information content (AvgIpc) is 3.62. The number of hydrogen-bond acceptors (Lipinski definition) is 5. The summed E-state index contributed by atoms with van der Waals surface area (Å²) >= 11 is 0. The molecule has 0 saturated heterocycles. The zero-order valence-electron chi connectivity index (χ0n) is 19.4. The number of anilines is 3. The van der Waals surface area contributed by atoms with E-state index < -0.39 is 17.2 Å². The molecule has 0 bridgehead atoms. The number of hydrogen-bond donors (Lipinski definition) is 3. The van der Waals surface area contributed by atoms with Gasteiger partial charge in [-0.1, -0.05) is 18.2 Å². The quantitative estimate of drug-likeness (QED) is 0.417. The highest BCUT2D eigenvalue weighted by Gasteiger charge is 2.64. The molecule has 3 N–H and O–H groups in total. The van der Waals surface area contributed by atoms with Gasteiger partial charge in [0, 0.05) is 36.0 Å². The van der Waals surface area contributed by atoms with Crippen LogP contribution in [0.5, 0.6) is 0 Å². The number of amides is 1. The molecule has 1 amide bonds. The highest BCUT2D eigenvalue weighted by Crippen LogP contribution is 2.57. The molecule has 1 unspecified atom stereocenters. The van der Waals surface area contributed by atoms with Crippen molar-refractivity contribution in [3.05, 3.63) is 90.3 Å². The lowest BCUT2D eigenvalue weighted by Gasteiger charge is -2.24. The van der Waals surface area contributed by atoms with Crippen LogP contribution in [-0.4, -0.2) is 21.8 Å². The van der Waals surface area contributed by atoms with Crippen molar-refractivity contribution >= 4 is 23.2 Å². The first-order valence-electron chi connectivity index (χ1n) is 11.2. The highest BCUT2D eigenvalue weighted by atomic mass is 19.3. The number of rotatable bonds is 8. The fourth-order valence-electron chi connectivity index (χ4n) is 3.85. The molecule has 1 saturated carbocycles. The number of carbonyl (C=O) groups is 1. The smallest absolute Gasteiger partial charge is 0.259 e. The molecule has 0 aliphatic heterocycles. The van der Waals surface area contributed by atoms with E-state index in [4.69, 9.17) is 0 Å². The maximum absolute atomic E-state index is 14.0. The van der Waals surface area contributed by atoms with Crippen molar-refractivity contribution in [1.82, 2.24) is 15.3 Å². The Balaban J connectivity index is 1.52. The summed E-state index contributed by atoms with van der Waals surface area (Å²) in [5, 5.41) is 8.95. The van der Waals surface area contributed by atoms with Crippen LogP contribution >= 0.6 is 0 Å². The van der Waals surface area contributed by atoms with Gasteiger partial charge in [-0.15, -0.1) is 6.58 Å². The van der Waals surface area contributed by atoms with Gasteiger partial charge in [0.1, 0.15) is 29.2 Å². The average molecular weight is 482 g/mol. The van der Waals surface area contributed by atoms with Gasteiger partial charge in [0.25, 0.3) is 5.92 Å². The number of aryl methyl sites for hydroxylation is 1. The molecule has 35 heavy (non-hydrogen) atoms. The van der Waals surface area contributed by atoms with Crippen LogP contribution in [0.25, 0.3) is 0 Å². The van der Waals surface area contributed by atoms with Crippen LogP contribution < -0.4 is 16.0 Å². The van der Waals surface area contributed by atoms with Crippen LogP contribution in [0, 0.1) is 24.1 Å². The van der Waals surface area contributed by atoms with Crippen LogP contribution in [0.15, 0.2) is 78.9 Å². The van der Waals surface area contributed by atoms with Crippen molar-refractivity contribution in [3.8, 4) is 0 Å². The zero-order chi connectivity index (χ0) is 25.2. The van der Waals surface area contributed by atoms with E-state index in [1.807, 2.05) is 0 Å². The third-order valence-electron chi connectivity index (χ3n) is 6.17. The number of nitrogens with one attached hydrogen (secondary N) is 3. The molecule has 1 heterocycles. The summed E-state index contributed by atoms with van der Waals surface area (Å²) in [5.74, 6) is -3.51. The Bertz CT molecular complexity index is 1240. The molecule has 9 heteroatoms. The van der Waals surface area contributed by atoms with E-state index in [9.17, 15) is 18.0 Å². The highest BCUT2D eigenvalue weighted by molar-refractivity contribution is 5.88. The van der Waals surface area contributed by atoms with Gasteiger partial charge in [-0.05, 0) is 55.7 Å². The SMILES string of the molecule is C=CC1C=CC=C(Nc2cc(Nc3ccc(F)c(C)c3)ncn2)C=C1NC(=O)C1(C(C)(F)F)CC1. The lowest BCUT2D eigenvalue weighted by Crippen LogP contribution is -2.42. The van der Waals surface area contributed by atoms with E-state index in [1.54, 1.807) is 55.5 Å². The number of halogens is 3. The Morgan fingerprint density at radius 2 is 1.91 bits per heavy atom. The Hall–Kier alpha value is -3.88. The predicted octanol–water partition coefficient (Wildman–Crippen LogP) is 5.77. The van der Waals surface area contributed by atoms with Crippen LogP contribution in [0.4, 0.5) is 30.5 Å². The molecular formula is C26H26F3N5O. The first-order chi connectivity index (χ1) is 16.6. The summed E-state index contributed by atoms with van der Waals surface area (Å²) in [7, 11) is 0. The monoisotopic (exact) mass is 481 g/mol. The first kappa shape index (κ1) is 24.3. The van der Waals surface area contributed by atoms with Gasteiger partial charge in [-0.3, -0.25) is 4.79 Å². The van der Waals surface area contributed by atoms with Gasteiger partial charge in [-0.2, -0.15) is 0 Å². The molecule has 2 aliphatic carbocycles. The zero-order valence-corrected chi connectivity index (χ0v) is 19.4. The van der Waals surface area contributed by atoms with Crippen molar-refractivity contribution in [1.29, 1.82) is 0 Å². The van der Waals surface area contributed by atoms with Gasteiger partial charge >= 0.3 is 0 Å². The van der Waals surface area contributed by atoms with Crippen molar-refractivity contribution in [3.63, 3.8) is 0 Å². The van der Waals surface area contributed by atoms with Crippen molar-refractivity contribution in [2.24, 2.45) is 11.3 Å². The largest absolute Gasteiger partial charge is 0.340 e. The van der Waals surface area contributed by atoms with E-state index in [0.717, 1.165) is 6.92 Å². The lowest BCUT2D eigenvalue weighted by atomic mass is 9.97. The van der Waals surface area contributed by atoms with E-state index in [-0.39, 0.29) is 24.6 Å². The van der Waals surface area contributed by atoms with E-state index in [1.165, 1.54) is 12.4 Å². The molecule has 0 spiro atoms. The van der Waals surface area contributed by atoms with Crippen LogP contribution in [0.1, 0.15) is 25.3 Å². The Morgan fingerprint density at radius 1 is 1.20 bits per heavy atom. The van der Waals surface area contributed by atoms with Gasteiger partial charge in [0.2, 0.25) is 5.91 Å². The molecule has 0 radical (unpaired) electrons. The number of allylic oxidation sites excluding steroid dienone is 4. The van der Waals surface area contributed by atoms with E-state index in [0.29, 0.717) is 34.3 Å².